The van der Waals surface area contributed by atoms with Crippen LogP contribution in [0.1, 0.15) is 16.7 Å². The molecule has 0 bridgehead atoms. The molecule has 3 rings (SSSR count). The molecular formula is C24H21CoO3S6. The van der Waals surface area contributed by atoms with Crippen LogP contribution in [-0.2, 0) is 88.7 Å². The Morgan fingerprint density at radius 2 is 0.676 bits per heavy atom. The first-order valence-electron chi connectivity index (χ1n) is 9.50. The first kappa shape index (κ1) is 32.5. The molecule has 0 atom stereocenters. The Morgan fingerprint density at radius 3 is 0.853 bits per heavy atom. The van der Waals surface area contributed by atoms with Crippen molar-refractivity contribution in [1.29, 1.82) is 0 Å². The summed E-state index contributed by atoms with van der Waals surface area (Å²) in [4.78, 5) is 0. The Balaban J connectivity index is 0.000000473. The van der Waals surface area contributed by atoms with Gasteiger partial charge in [-0.1, -0.05) is 91.0 Å². The van der Waals surface area contributed by atoms with Gasteiger partial charge in [0, 0.05) is 13.1 Å². The van der Waals surface area contributed by atoms with E-state index in [2.05, 4.69) is 74.5 Å². The van der Waals surface area contributed by atoms with Crippen LogP contribution in [0.3, 0.4) is 0 Å². The number of hydrogen-bond donors (Lipinski definition) is 0. The molecule has 3 aromatic rings. The zero-order valence-electron chi connectivity index (χ0n) is 17.8. The molecule has 0 aliphatic rings. The maximum Gasteiger partial charge on any atom is 3.00 e. The van der Waals surface area contributed by atoms with Crippen LogP contribution in [0.15, 0.2) is 91.0 Å². The predicted molar refractivity (Wildman–Crippen MR) is 154 cm³/mol. The molecule has 0 N–H and O–H groups in total. The van der Waals surface area contributed by atoms with Crippen molar-refractivity contribution in [1.82, 2.24) is 0 Å². The summed E-state index contributed by atoms with van der Waals surface area (Å²) in [5, 5.41) is 0. The van der Waals surface area contributed by atoms with Gasteiger partial charge in [0.25, 0.3) is 0 Å². The molecule has 0 amide bonds. The van der Waals surface area contributed by atoms with Gasteiger partial charge in [0.05, 0.1) is 0 Å². The van der Waals surface area contributed by atoms with Gasteiger partial charge in [0.15, 0.2) is 0 Å². The fourth-order valence-corrected chi connectivity index (χ4v) is 2.50. The molecule has 0 aromatic heterocycles. The van der Waals surface area contributed by atoms with Crippen LogP contribution in [0.4, 0.5) is 0 Å². The average Bonchev–Trinajstić information content (AvgIpc) is 2.83. The van der Waals surface area contributed by atoms with Crippen LogP contribution >= 0.6 is 36.7 Å². The van der Waals surface area contributed by atoms with Gasteiger partial charge in [-0.05, 0) is 16.7 Å². The monoisotopic (exact) mass is 608 g/mol. The molecule has 0 radical (unpaired) electrons. The molecule has 0 unspecified atom stereocenters. The van der Waals surface area contributed by atoms with E-state index in [1.165, 1.54) is 0 Å². The van der Waals surface area contributed by atoms with Gasteiger partial charge in [0.2, 0.25) is 0 Å². The summed E-state index contributed by atoms with van der Waals surface area (Å²) in [5.41, 5.74) is 3.25. The van der Waals surface area contributed by atoms with Gasteiger partial charge >= 0.3 is 16.8 Å². The molecule has 0 heterocycles. The van der Waals surface area contributed by atoms with Gasteiger partial charge in [-0.15, -0.1) is 0 Å². The van der Waals surface area contributed by atoms with Crippen molar-refractivity contribution in [3.63, 3.8) is 0 Å². The molecule has 3 aromatic carbocycles. The van der Waals surface area contributed by atoms with E-state index in [0.717, 1.165) is 16.7 Å². The van der Waals surface area contributed by atoms with E-state index in [9.17, 15) is 0 Å². The second-order valence-electron chi connectivity index (χ2n) is 6.07. The summed E-state index contributed by atoms with van der Waals surface area (Å²) in [6, 6.07) is 29.4. The molecule has 0 spiro atoms. The summed E-state index contributed by atoms with van der Waals surface area (Å²) in [6.07, 6.45) is 0. The van der Waals surface area contributed by atoms with Gasteiger partial charge in [-0.2, -0.15) is 0 Å². The Morgan fingerprint density at radius 1 is 0.471 bits per heavy atom. The summed E-state index contributed by atoms with van der Waals surface area (Å²) in [6.45, 7) is 1.43. The smallest absolute Gasteiger partial charge is 0.509 e. The summed E-state index contributed by atoms with van der Waals surface area (Å²) < 4.78 is 15.4. The fourth-order valence-electron chi connectivity index (χ4n) is 2.15. The van der Waals surface area contributed by atoms with Crippen LogP contribution in [0.25, 0.3) is 0 Å². The van der Waals surface area contributed by atoms with Gasteiger partial charge in [0.1, 0.15) is 19.8 Å². The number of thiocarbonyl (C=S) groups is 3. The molecule has 3 nitrogen and oxygen atoms in total. The van der Waals surface area contributed by atoms with Crippen LogP contribution < -0.4 is 0 Å². The molecule has 0 aliphatic carbocycles. The molecule has 0 saturated carbocycles. The van der Waals surface area contributed by atoms with Crippen LogP contribution in [0.2, 0.25) is 0 Å². The van der Waals surface area contributed by atoms with Gasteiger partial charge in [-0.25, -0.2) is 0 Å². The van der Waals surface area contributed by atoms with E-state index in [0.29, 0.717) is 19.8 Å². The number of ether oxygens (including phenoxy) is 3. The van der Waals surface area contributed by atoms with E-state index in [4.69, 9.17) is 14.2 Å². The van der Waals surface area contributed by atoms with Crippen molar-refractivity contribution in [2.75, 3.05) is 0 Å². The largest absolute Gasteiger partial charge is 3.00 e. The molecule has 180 valence electrons. The van der Waals surface area contributed by atoms with Gasteiger partial charge < -0.3 is 88.8 Å². The third-order valence-electron chi connectivity index (χ3n) is 3.60. The van der Waals surface area contributed by atoms with Crippen LogP contribution in [-0.4, -0.2) is 13.1 Å². The number of hydrogen-bond acceptors (Lipinski definition) is 9. The molecule has 0 fully saturated rings. The molecule has 0 aliphatic heterocycles. The fraction of sp³-hybridized carbons (Fsp3) is 0.125. The van der Waals surface area contributed by atoms with Crippen LogP contribution in [0, 0.1) is 0 Å². The van der Waals surface area contributed by atoms with Gasteiger partial charge in [-0.3, -0.25) is 0 Å². The molecule has 0 saturated heterocycles. The second kappa shape index (κ2) is 20.8. The summed E-state index contributed by atoms with van der Waals surface area (Å²) >= 11 is 27.5. The Bertz CT molecular complexity index is 833. The quantitative estimate of drug-likeness (QED) is 0.243. The SMILES string of the molecule is S=C([S-])OCc1ccccc1.S=C([S-])OCc1ccccc1.S=C([S-])OCc1ccccc1.[Co+3]. The Hall–Kier alpha value is -1.50. The first-order chi connectivity index (χ1) is 15.9. The van der Waals surface area contributed by atoms with E-state index in [-0.39, 0.29) is 29.9 Å². The van der Waals surface area contributed by atoms with E-state index < -0.39 is 0 Å². The first-order valence-corrected chi connectivity index (χ1v) is 11.9. The van der Waals surface area contributed by atoms with E-state index in [1.807, 2.05) is 91.0 Å². The number of benzene rings is 3. The van der Waals surface area contributed by atoms with Crippen molar-refractivity contribution >= 4 is 87.7 Å². The Labute approximate surface area is 244 Å². The molecular weight excluding hydrogens is 588 g/mol. The minimum absolute atomic E-state index is 0. The maximum atomic E-state index is 4.97. The third-order valence-corrected chi connectivity index (χ3v) is 4.31. The van der Waals surface area contributed by atoms with Crippen molar-refractivity contribution in [2.45, 2.75) is 19.8 Å². The maximum absolute atomic E-state index is 4.97. The molecule has 10 heteroatoms. The third kappa shape index (κ3) is 18.9. The molecule has 34 heavy (non-hydrogen) atoms. The van der Waals surface area contributed by atoms with Crippen molar-refractivity contribution in [2.24, 2.45) is 0 Å². The second-order valence-corrected chi connectivity index (χ2v) is 9.07. The number of rotatable bonds is 6. The standard InChI is InChI=1S/3C8H8OS2.Co/c3*10-8(11)9-6-7-4-2-1-3-5-7;/h3*1-5H,6H2,(H,10,11);/q;;;+3/p-3. The summed E-state index contributed by atoms with van der Waals surface area (Å²) in [5.74, 6) is 0. The zero-order chi connectivity index (χ0) is 24.3. The summed E-state index contributed by atoms with van der Waals surface area (Å²) in [7, 11) is 0. The average molecular weight is 609 g/mol. The Kier molecular flexibility index (Phi) is 19.9. The minimum Gasteiger partial charge on any atom is -0.509 e. The van der Waals surface area contributed by atoms with Crippen LogP contribution in [0.5, 0.6) is 0 Å². The topological polar surface area (TPSA) is 27.7 Å². The predicted octanol–water partition coefficient (Wildman–Crippen LogP) is 6.10. The van der Waals surface area contributed by atoms with E-state index in [1.54, 1.807) is 0 Å². The van der Waals surface area contributed by atoms with Crippen molar-refractivity contribution in [3.05, 3.63) is 108 Å². The van der Waals surface area contributed by atoms with Crippen molar-refractivity contribution in [3.8, 4) is 0 Å². The van der Waals surface area contributed by atoms with E-state index >= 15 is 0 Å². The minimum atomic E-state index is 0. The normalized spacial score (nSPS) is 8.82. The van der Waals surface area contributed by atoms with Crippen molar-refractivity contribution < 1.29 is 31.0 Å². The zero-order valence-corrected chi connectivity index (χ0v) is 23.7.